The maximum atomic E-state index is 12.1. The number of pyridine rings is 1. The van der Waals surface area contributed by atoms with E-state index in [1.54, 1.807) is 18.3 Å². The molecule has 0 saturated carbocycles. The Morgan fingerprint density at radius 1 is 1.05 bits per heavy atom. The molecule has 0 aliphatic heterocycles. The van der Waals surface area contributed by atoms with Crippen LogP contribution in [-0.2, 0) is 0 Å². The third-order valence-corrected chi connectivity index (χ3v) is 2.74. The summed E-state index contributed by atoms with van der Waals surface area (Å²) in [6.45, 7) is 7.35. The second-order valence-corrected chi connectivity index (χ2v) is 4.30. The Hall–Kier alpha value is -2.76. The van der Waals surface area contributed by atoms with Gasteiger partial charge in [-0.25, -0.2) is 0 Å². The van der Waals surface area contributed by atoms with E-state index in [1.807, 2.05) is 6.07 Å². The number of alkyl halides is 3. The van der Waals surface area contributed by atoms with Crippen LogP contribution in [0.25, 0.3) is 12.2 Å². The van der Waals surface area contributed by atoms with E-state index in [0.717, 1.165) is 5.56 Å². The normalized spacial score (nSPS) is 10.9. The monoisotopic (exact) mass is 306 g/mol. The third-order valence-electron chi connectivity index (χ3n) is 2.74. The van der Waals surface area contributed by atoms with Crippen molar-refractivity contribution in [3.05, 3.63) is 60.9 Å². The van der Waals surface area contributed by atoms with Gasteiger partial charge < -0.3 is 10.1 Å². The van der Waals surface area contributed by atoms with Crippen LogP contribution in [0.1, 0.15) is 11.3 Å². The lowest BCUT2D eigenvalue weighted by Gasteiger charge is -2.11. The fraction of sp³-hybridized carbons (Fsp3) is 0.0625. The minimum Gasteiger partial charge on any atom is -0.406 e. The molecule has 0 unspecified atom stereocenters. The minimum atomic E-state index is -4.70. The van der Waals surface area contributed by atoms with Gasteiger partial charge in [0.25, 0.3) is 0 Å². The summed E-state index contributed by atoms with van der Waals surface area (Å²) < 4.78 is 40.0. The Morgan fingerprint density at radius 2 is 1.73 bits per heavy atom. The summed E-state index contributed by atoms with van der Waals surface area (Å²) in [5, 5.41) is 3.04. The van der Waals surface area contributed by atoms with Crippen molar-refractivity contribution < 1.29 is 17.9 Å². The molecule has 0 aliphatic carbocycles. The van der Waals surface area contributed by atoms with Crippen LogP contribution in [0.3, 0.4) is 0 Å². The lowest BCUT2D eigenvalue weighted by Crippen LogP contribution is -2.16. The zero-order valence-corrected chi connectivity index (χ0v) is 11.5. The van der Waals surface area contributed by atoms with E-state index in [-0.39, 0.29) is 5.75 Å². The molecule has 0 atom stereocenters. The predicted octanol–water partition coefficient (Wildman–Crippen LogP) is 5.01. The first-order valence-corrected chi connectivity index (χ1v) is 6.29. The first-order valence-electron chi connectivity index (χ1n) is 6.29. The van der Waals surface area contributed by atoms with E-state index in [0.29, 0.717) is 17.1 Å². The molecule has 22 heavy (non-hydrogen) atoms. The summed E-state index contributed by atoms with van der Waals surface area (Å²) in [5.74, 6) is -0.273. The van der Waals surface area contributed by atoms with Gasteiger partial charge in [0, 0.05) is 11.3 Å². The highest BCUT2D eigenvalue weighted by Gasteiger charge is 2.30. The fourth-order valence-electron chi connectivity index (χ4n) is 1.80. The SMILES string of the molecule is C=Cc1cc(Nc2ccc(OC(F)(F)F)cc2)cnc1C=C. The van der Waals surface area contributed by atoms with E-state index in [2.05, 4.69) is 28.2 Å². The number of aromatic nitrogens is 1. The molecule has 114 valence electrons. The van der Waals surface area contributed by atoms with Gasteiger partial charge in [-0.05, 0) is 36.4 Å². The summed E-state index contributed by atoms with van der Waals surface area (Å²) in [6.07, 6.45) is 0.169. The average molecular weight is 306 g/mol. The molecule has 6 heteroatoms. The van der Waals surface area contributed by atoms with E-state index in [1.165, 1.54) is 24.3 Å². The Bertz CT molecular complexity index is 679. The largest absolute Gasteiger partial charge is 0.573 e. The van der Waals surface area contributed by atoms with Gasteiger partial charge in [-0.2, -0.15) is 0 Å². The molecule has 0 radical (unpaired) electrons. The molecule has 3 nitrogen and oxygen atoms in total. The van der Waals surface area contributed by atoms with Crippen LogP contribution < -0.4 is 10.1 Å². The summed E-state index contributed by atoms with van der Waals surface area (Å²) in [4.78, 5) is 4.20. The van der Waals surface area contributed by atoms with Gasteiger partial charge >= 0.3 is 6.36 Å². The van der Waals surface area contributed by atoms with Crippen molar-refractivity contribution >= 4 is 23.5 Å². The van der Waals surface area contributed by atoms with Gasteiger partial charge in [-0.3, -0.25) is 4.98 Å². The van der Waals surface area contributed by atoms with Crippen molar-refractivity contribution in [3.8, 4) is 5.75 Å². The van der Waals surface area contributed by atoms with Gasteiger partial charge in [-0.1, -0.05) is 19.2 Å². The molecule has 1 N–H and O–H groups in total. The topological polar surface area (TPSA) is 34.1 Å². The third kappa shape index (κ3) is 4.12. The standard InChI is InChI=1S/C16H13F3N2O/c1-3-11-9-13(10-20-15(11)4-2)21-12-5-7-14(8-6-12)22-16(17,18)19/h3-10,21H,1-2H2. The van der Waals surface area contributed by atoms with Crippen LogP contribution in [0.15, 0.2) is 49.7 Å². The van der Waals surface area contributed by atoms with Crippen molar-refractivity contribution in [2.45, 2.75) is 6.36 Å². The van der Waals surface area contributed by atoms with Crippen LogP contribution in [0, 0.1) is 0 Å². The Kier molecular flexibility index (Phi) is 4.50. The molecule has 0 saturated heterocycles. The lowest BCUT2D eigenvalue weighted by molar-refractivity contribution is -0.274. The molecule has 0 fully saturated rings. The quantitative estimate of drug-likeness (QED) is 0.843. The van der Waals surface area contributed by atoms with Gasteiger partial charge in [0.05, 0.1) is 17.6 Å². The number of rotatable bonds is 5. The van der Waals surface area contributed by atoms with E-state index >= 15 is 0 Å². The summed E-state index contributed by atoms with van der Waals surface area (Å²) in [5.41, 5.74) is 2.80. The van der Waals surface area contributed by atoms with E-state index < -0.39 is 6.36 Å². The van der Waals surface area contributed by atoms with Crippen LogP contribution >= 0.6 is 0 Å². The van der Waals surface area contributed by atoms with Crippen molar-refractivity contribution in [1.82, 2.24) is 4.98 Å². The number of anilines is 2. The summed E-state index contributed by atoms with van der Waals surface area (Å²) in [7, 11) is 0. The molecule has 1 aromatic carbocycles. The number of nitrogens with zero attached hydrogens (tertiary/aromatic N) is 1. The van der Waals surface area contributed by atoms with Crippen LogP contribution in [0.4, 0.5) is 24.5 Å². The predicted molar refractivity (Wildman–Crippen MR) is 80.8 cm³/mol. The van der Waals surface area contributed by atoms with Crippen molar-refractivity contribution in [1.29, 1.82) is 0 Å². The first-order chi connectivity index (χ1) is 10.4. The van der Waals surface area contributed by atoms with Gasteiger partial charge in [0.1, 0.15) is 5.75 Å². The first kappa shape index (κ1) is 15.6. The second kappa shape index (κ2) is 6.34. The smallest absolute Gasteiger partial charge is 0.406 e. The fourth-order valence-corrected chi connectivity index (χ4v) is 1.80. The highest BCUT2D eigenvalue weighted by Crippen LogP contribution is 2.25. The molecule has 0 spiro atoms. The van der Waals surface area contributed by atoms with Crippen LogP contribution in [0.2, 0.25) is 0 Å². The van der Waals surface area contributed by atoms with E-state index in [4.69, 9.17) is 0 Å². The molecule has 1 aromatic heterocycles. The number of halogens is 3. The minimum absolute atomic E-state index is 0.273. The van der Waals surface area contributed by atoms with Gasteiger partial charge in [-0.15, -0.1) is 13.2 Å². The Balaban J connectivity index is 2.14. The summed E-state index contributed by atoms with van der Waals surface area (Å²) in [6, 6.07) is 7.24. The highest BCUT2D eigenvalue weighted by atomic mass is 19.4. The number of benzene rings is 1. The second-order valence-electron chi connectivity index (χ2n) is 4.30. The van der Waals surface area contributed by atoms with E-state index in [9.17, 15) is 13.2 Å². The molecular weight excluding hydrogens is 293 g/mol. The lowest BCUT2D eigenvalue weighted by atomic mass is 10.1. The van der Waals surface area contributed by atoms with Crippen molar-refractivity contribution in [2.75, 3.05) is 5.32 Å². The number of ether oxygens (including phenoxy) is 1. The zero-order chi connectivity index (χ0) is 16.2. The van der Waals surface area contributed by atoms with Gasteiger partial charge in [0.15, 0.2) is 0 Å². The Morgan fingerprint density at radius 3 is 2.27 bits per heavy atom. The maximum absolute atomic E-state index is 12.1. The highest BCUT2D eigenvalue weighted by molar-refractivity contribution is 5.68. The number of hydrogen-bond donors (Lipinski definition) is 1. The molecule has 1 heterocycles. The molecular formula is C16H13F3N2O. The molecule has 0 aliphatic rings. The molecule has 2 aromatic rings. The van der Waals surface area contributed by atoms with Crippen molar-refractivity contribution in [3.63, 3.8) is 0 Å². The maximum Gasteiger partial charge on any atom is 0.573 e. The molecule has 0 amide bonds. The van der Waals surface area contributed by atoms with Crippen LogP contribution in [-0.4, -0.2) is 11.3 Å². The molecule has 0 bridgehead atoms. The Labute approximate surface area is 125 Å². The molecule has 2 rings (SSSR count). The number of hydrogen-bond acceptors (Lipinski definition) is 3. The van der Waals surface area contributed by atoms with Crippen LogP contribution in [0.5, 0.6) is 5.75 Å². The van der Waals surface area contributed by atoms with Gasteiger partial charge in [0.2, 0.25) is 0 Å². The summed E-state index contributed by atoms with van der Waals surface area (Å²) >= 11 is 0. The zero-order valence-electron chi connectivity index (χ0n) is 11.5. The number of nitrogens with one attached hydrogen (secondary N) is 1. The average Bonchev–Trinajstić information content (AvgIpc) is 2.47. The van der Waals surface area contributed by atoms with Crippen molar-refractivity contribution in [2.24, 2.45) is 0 Å².